The molecule has 1 aliphatic heterocycles. The molecule has 0 aromatic rings. The van der Waals surface area contributed by atoms with Crippen LogP contribution >= 0.6 is 8.09 Å². The summed E-state index contributed by atoms with van der Waals surface area (Å²) in [6.45, 7) is 4.78. The Labute approximate surface area is 140 Å². The maximum absolute atomic E-state index is 12.3. The van der Waals surface area contributed by atoms with Crippen molar-refractivity contribution in [2.24, 2.45) is 5.41 Å². The molecule has 1 aliphatic rings. The summed E-state index contributed by atoms with van der Waals surface area (Å²) in [5.41, 5.74) is -0.754. The maximum Gasteiger partial charge on any atom is 0.500 e. The average molecular weight is 367 g/mol. The summed E-state index contributed by atoms with van der Waals surface area (Å²) in [6.07, 6.45) is -1.07. The fourth-order valence-corrected chi connectivity index (χ4v) is 3.87. The Morgan fingerprint density at radius 3 is 2.58 bits per heavy atom. The molecule has 4 N–H and O–H groups in total. The molecule has 11 heteroatoms. The van der Waals surface area contributed by atoms with Crippen LogP contribution in [0.4, 0.5) is 0 Å². The Kier molecular flexibility index (Phi) is 7.06. The van der Waals surface area contributed by atoms with Gasteiger partial charge in [0.2, 0.25) is 0 Å². The van der Waals surface area contributed by atoms with E-state index in [0.717, 1.165) is 0 Å². The lowest BCUT2D eigenvalue weighted by Gasteiger charge is -2.37. The second kappa shape index (κ2) is 8.17. The van der Waals surface area contributed by atoms with Gasteiger partial charge in [0.05, 0.1) is 13.5 Å². The first kappa shape index (κ1) is 20.7. The van der Waals surface area contributed by atoms with E-state index in [2.05, 4.69) is 15.1 Å². The summed E-state index contributed by atoms with van der Waals surface area (Å²) >= 11 is 0. The van der Waals surface area contributed by atoms with E-state index in [1.54, 1.807) is 13.8 Å². The quantitative estimate of drug-likeness (QED) is 0.356. The van der Waals surface area contributed by atoms with Crippen LogP contribution in [0.2, 0.25) is 0 Å². The molecule has 3 atom stereocenters. The third-order valence-electron chi connectivity index (χ3n) is 3.39. The second-order valence-electron chi connectivity index (χ2n) is 6.07. The van der Waals surface area contributed by atoms with Gasteiger partial charge in [-0.15, -0.1) is 9.61 Å². The number of rotatable bonds is 7. The van der Waals surface area contributed by atoms with Crippen LogP contribution in [-0.4, -0.2) is 60.3 Å². The van der Waals surface area contributed by atoms with Crippen molar-refractivity contribution in [1.82, 2.24) is 10.4 Å². The molecule has 10 nitrogen and oxygen atoms in total. The van der Waals surface area contributed by atoms with E-state index < -0.39 is 43.5 Å². The van der Waals surface area contributed by atoms with Crippen molar-refractivity contribution < 1.29 is 38.2 Å². The predicted molar refractivity (Wildman–Crippen MR) is 83.6 cm³/mol. The lowest BCUT2D eigenvalue weighted by molar-refractivity contribution is -0.142. The average Bonchev–Trinajstić information content (AvgIpc) is 2.49. The molecular formula is C13H24N2O8P+. The number of amides is 1. The molecule has 1 rings (SSSR count). The number of aliphatic carboxylic acids is 1. The van der Waals surface area contributed by atoms with Crippen LogP contribution in [0.5, 0.6) is 0 Å². The van der Waals surface area contributed by atoms with E-state index in [9.17, 15) is 19.3 Å². The number of carbonyl (C=O) groups excluding carboxylic acids is 2. The van der Waals surface area contributed by atoms with E-state index in [4.69, 9.17) is 14.2 Å². The minimum absolute atomic E-state index is 0.000399. The lowest BCUT2D eigenvalue weighted by atomic mass is 9.87. The fourth-order valence-electron chi connectivity index (χ4n) is 1.90. The van der Waals surface area contributed by atoms with Crippen molar-refractivity contribution in [1.29, 1.82) is 0 Å². The standard InChI is InChI=1S/C13H23N2O8P/c1-8(12(18)19)15-24(20)22-7-13(2,3)10(23-24)11(17)14-6-5-9(16)21-4/h8,10,15,20H,5-7H2,1-4H3,(H-,14,17,18,19)/p+1/t8-,10-,24?/m0/s1. The van der Waals surface area contributed by atoms with Crippen LogP contribution in [0.1, 0.15) is 27.2 Å². The van der Waals surface area contributed by atoms with Gasteiger partial charge < -0.3 is 15.2 Å². The molecule has 0 aliphatic carbocycles. The number of hydrogen-bond donors (Lipinski definition) is 4. The van der Waals surface area contributed by atoms with Crippen molar-refractivity contribution in [3.63, 3.8) is 0 Å². The highest BCUT2D eigenvalue weighted by Crippen LogP contribution is 2.60. The molecule has 138 valence electrons. The Morgan fingerprint density at radius 1 is 1.42 bits per heavy atom. The third kappa shape index (κ3) is 5.64. The van der Waals surface area contributed by atoms with Crippen LogP contribution in [-0.2, 0) is 28.2 Å². The molecule has 1 saturated heterocycles. The zero-order valence-electron chi connectivity index (χ0n) is 14.1. The molecule has 0 aromatic heterocycles. The molecule has 0 radical (unpaired) electrons. The van der Waals surface area contributed by atoms with Crippen LogP contribution < -0.4 is 10.4 Å². The minimum atomic E-state index is -3.70. The zero-order valence-corrected chi connectivity index (χ0v) is 15.0. The molecule has 1 fully saturated rings. The van der Waals surface area contributed by atoms with Crippen molar-refractivity contribution in [2.45, 2.75) is 39.3 Å². The molecule has 0 spiro atoms. The van der Waals surface area contributed by atoms with Crippen molar-refractivity contribution in [3.8, 4) is 0 Å². The van der Waals surface area contributed by atoms with E-state index in [1.165, 1.54) is 14.0 Å². The summed E-state index contributed by atoms with van der Waals surface area (Å²) in [4.78, 5) is 44.6. The first-order valence-corrected chi connectivity index (χ1v) is 8.88. The Bertz CT molecular complexity index is 500. The highest BCUT2D eigenvalue weighted by Gasteiger charge is 2.58. The van der Waals surface area contributed by atoms with Gasteiger partial charge in [-0.05, 0) is 6.92 Å². The number of esters is 1. The monoisotopic (exact) mass is 367 g/mol. The third-order valence-corrected chi connectivity index (χ3v) is 5.08. The number of nitrogens with one attached hydrogen (secondary N) is 2. The van der Waals surface area contributed by atoms with Gasteiger partial charge in [0.25, 0.3) is 5.91 Å². The summed E-state index contributed by atoms with van der Waals surface area (Å²) < 4.78 is 15.1. The zero-order chi connectivity index (χ0) is 18.5. The number of hydrogen-bond acceptors (Lipinski definition) is 8. The molecule has 1 heterocycles. The van der Waals surface area contributed by atoms with E-state index in [0.29, 0.717) is 0 Å². The number of methoxy groups -OCH3 is 1. The van der Waals surface area contributed by atoms with Gasteiger partial charge in [-0.3, -0.25) is 14.4 Å². The van der Waals surface area contributed by atoms with Crippen LogP contribution in [0.3, 0.4) is 0 Å². The van der Waals surface area contributed by atoms with Gasteiger partial charge in [-0.2, -0.15) is 9.42 Å². The van der Waals surface area contributed by atoms with Crippen molar-refractivity contribution >= 4 is 25.9 Å². The second-order valence-corrected chi connectivity index (χ2v) is 7.84. The Balaban J connectivity index is 2.73. The summed E-state index contributed by atoms with van der Waals surface area (Å²) in [7, 11) is -2.46. The SMILES string of the molecule is COC(=O)CCNC(=O)[C@@H]1O[P+](O)(N[C@@H](C)C(=O)O)OCC1(C)C. The number of carboxylic acids is 1. The van der Waals surface area contributed by atoms with Gasteiger partial charge in [0, 0.05) is 12.0 Å². The summed E-state index contributed by atoms with van der Waals surface area (Å²) in [6, 6.07) is -1.12. The number of carboxylic acid groups (broad SMARTS) is 1. The van der Waals surface area contributed by atoms with Gasteiger partial charge >= 0.3 is 20.0 Å². The molecule has 24 heavy (non-hydrogen) atoms. The maximum atomic E-state index is 12.3. The number of carbonyl (C=O) groups is 3. The van der Waals surface area contributed by atoms with E-state index >= 15 is 0 Å². The highest BCUT2D eigenvalue weighted by molar-refractivity contribution is 7.58. The van der Waals surface area contributed by atoms with Gasteiger partial charge in [0.1, 0.15) is 12.6 Å². The summed E-state index contributed by atoms with van der Waals surface area (Å²) in [5.74, 6) is -2.20. The normalized spacial score (nSPS) is 27.1. The molecule has 0 saturated carbocycles. The lowest BCUT2D eigenvalue weighted by Crippen LogP contribution is -2.52. The summed E-state index contributed by atoms with van der Waals surface area (Å²) in [5, 5.41) is 13.8. The van der Waals surface area contributed by atoms with Gasteiger partial charge in [-0.1, -0.05) is 13.8 Å². The number of ether oxygens (including phenoxy) is 1. The first-order chi connectivity index (χ1) is 11.0. The van der Waals surface area contributed by atoms with Gasteiger partial charge in [0.15, 0.2) is 6.10 Å². The minimum Gasteiger partial charge on any atom is -0.480 e. The van der Waals surface area contributed by atoms with Gasteiger partial charge in [-0.25, -0.2) is 0 Å². The Morgan fingerprint density at radius 2 is 2.04 bits per heavy atom. The smallest absolute Gasteiger partial charge is 0.480 e. The molecule has 1 amide bonds. The predicted octanol–water partition coefficient (Wildman–Crippen LogP) is -0.160. The van der Waals surface area contributed by atoms with Crippen molar-refractivity contribution in [3.05, 3.63) is 0 Å². The fraction of sp³-hybridized carbons (Fsp3) is 0.769. The van der Waals surface area contributed by atoms with Crippen LogP contribution in [0.25, 0.3) is 0 Å². The molecule has 0 bridgehead atoms. The van der Waals surface area contributed by atoms with Crippen LogP contribution in [0.15, 0.2) is 0 Å². The largest absolute Gasteiger partial charge is 0.500 e. The topological polar surface area (TPSA) is 143 Å². The van der Waals surface area contributed by atoms with E-state index in [1.807, 2.05) is 0 Å². The first-order valence-electron chi connectivity index (χ1n) is 7.30. The molecule has 1 unspecified atom stereocenters. The van der Waals surface area contributed by atoms with Crippen LogP contribution in [0, 0.1) is 5.41 Å². The molecule has 0 aromatic carbocycles. The highest BCUT2D eigenvalue weighted by atomic mass is 31.2. The molecular weight excluding hydrogens is 343 g/mol. The van der Waals surface area contributed by atoms with Crippen molar-refractivity contribution in [2.75, 3.05) is 20.3 Å². The van der Waals surface area contributed by atoms with E-state index in [-0.39, 0.29) is 19.6 Å². The Hall–Kier alpha value is -1.32.